The molecule has 254 valence electrons. The quantitative estimate of drug-likeness (QED) is 0.0858. The largest absolute Gasteiger partial charge is 0.344 e. The van der Waals surface area contributed by atoms with E-state index >= 15 is 0 Å². The van der Waals surface area contributed by atoms with Gasteiger partial charge in [-0.25, -0.2) is 0 Å². The number of para-hydroxylation sites is 1. The zero-order valence-electron chi connectivity index (χ0n) is 28.5. The topological polar surface area (TPSA) is 83.8 Å². The lowest BCUT2D eigenvalue weighted by atomic mass is 9.99. The molecule has 8 heteroatoms. The van der Waals surface area contributed by atoms with Gasteiger partial charge in [0.25, 0.3) is 11.8 Å². The Hall–Kier alpha value is -5.99. The van der Waals surface area contributed by atoms with Gasteiger partial charge >= 0.3 is 0 Å². The molecular weight excluding hydrogens is 653 g/mol. The summed E-state index contributed by atoms with van der Waals surface area (Å²) in [7, 11) is 0. The molecule has 7 nitrogen and oxygen atoms in total. The van der Waals surface area contributed by atoms with Crippen molar-refractivity contribution in [3.05, 3.63) is 185 Å². The summed E-state index contributed by atoms with van der Waals surface area (Å²) >= 11 is 1.04. The van der Waals surface area contributed by atoms with Crippen molar-refractivity contribution in [1.82, 2.24) is 14.8 Å². The Kier molecular flexibility index (Phi) is 11.0. The van der Waals surface area contributed by atoms with Gasteiger partial charge in [-0.3, -0.25) is 19.3 Å². The zero-order chi connectivity index (χ0) is 35.7. The van der Waals surface area contributed by atoms with E-state index in [1.165, 1.54) is 10.5 Å². The minimum Gasteiger partial charge on any atom is -0.344 e. The van der Waals surface area contributed by atoms with Gasteiger partial charge in [0.05, 0.1) is 11.8 Å². The molecule has 0 bridgehead atoms. The number of benzene rings is 4. The number of hydrogen-bond acceptors (Lipinski definition) is 4. The number of carbonyl (C=O) groups excluding carboxylic acids is 3. The lowest BCUT2D eigenvalue weighted by molar-refractivity contribution is -0.126. The van der Waals surface area contributed by atoms with Crippen molar-refractivity contribution in [2.75, 3.05) is 5.75 Å². The van der Waals surface area contributed by atoms with Crippen LogP contribution in [0.5, 0.6) is 0 Å². The van der Waals surface area contributed by atoms with Gasteiger partial charge < -0.3 is 9.88 Å². The van der Waals surface area contributed by atoms with Gasteiger partial charge in [-0.05, 0) is 48.8 Å². The molecule has 1 aliphatic heterocycles. The number of rotatable bonds is 11. The van der Waals surface area contributed by atoms with Crippen molar-refractivity contribution < 1.29 is 14.4 Å². The highest BCUT2D eigenvalue weighted by molar-refractivity contribution is 8.14. The molecule has 0 aliphatic carbocycles. The zero-order valence-corrected chi connectivity index (χ0v) is 29.3. The maximum absolute atomic E-state index is 14.3. The van der Waals surface area contributed by atoms with Crippen LogP contribution in [-0.2, 0) is 20.9 Å². The molecule has 1 aromatic heterocycles. The van der Waals surface area contributed by atoms with Gasteiger partial charge in [-0.15, -0.1) is 0 Å². The van der Waals surface area contributed by atoms with Crippen LogP contribution in [0, 0.1) is 6.92 Å². The first-order chi connectivity index (χ1) is 24.9. The number of nitrogens with one attached hydrogen (secondary N) is 1. The molecule has 0 saturated carbocycles. The van der Waals surface area contributed by atoms with E-state index in [1.807, 2.05) is 97.2 Å². The number of hydrogen-bond donors (Lipinski definition) is 1. The third-order valence-corrected chi connectivity index (χ3v) is 9.41. The van der Waals surface area contributed by atoms with Crippen molar-refractivity contribution in [3.8, 4) is 0 Å². The average Bonchev–Trinajstić information content (AvgIpc) is 3.49. The van der Waals surface area contributed by atoms with Gasteiger partial charge in [-0.2, -0.15) is 4.99 Å². The normalized spacial score (nSPS) is 14.5. The standard InChI is InChI=1S/C43H38N4O3S/c1-4-6-22-35(5-2)47-42(50)37(26-34-28-46(38-24-14-13-23-36(34)38)27-31-17-15-16-30(3)25-31)41(49)45-43(47)51-29-39(48)44-40(32-18-9-7-10-19-32)33-20-11-8-12-21-33/h4-26,28,40H,1,27,29H2,2-3H3,(H,44,48)/b22-6-,35-5+,37-26+. The molecule has 0 radical (unpaired) electrons. The fourth-order valence-corrected chi connectivity index (χ4v) is 6.89. The fraction of sp³-hybridized carbons (Fsp3) is 0.116. The maximum atomic E-state index is 14.3. The Morgan fingerprint density at radius 1 is 0.922 bits per heavy atom. The second kappa shape index (κ2) is 16.1. The molecule has 2 heterocycles. The van der Waals surface area contributed by atoms with Gasteiger partial charge in [0.15, 0.2) is 5.17 Å². The summed E-state index contributed by atoms with van der Waals surface area (Å²) in [4.78, 5) is 47.2. The molecule has 4 aromatic carbocycles. The third kappa shape index (κ3) is 8.09. The van der Waals surface area contributed by atoms with Crippen LogP contribution in [0.3, 0.4) is 0 Å². The molecule has 6 rings (SSSR count). The lowest BCUT2D eigenvalue weighted by Crippen LogP contribution is -2.42. The fourth-order valence-electron chi connectivity index (χ4n) is 6.08. The van der Waals surface area contributed by atoms with Crippen LogP contribution < -0.4 is 5.32 Å². The predicted molar refractivity (Wildman–Crippen MR) is 208 cm³/mol. The number of thioether (sulfide) groups is 1. The van der Waals surface area contributed by atoms with Crippen molar-refractivity contribution in [1.29, 1.82) is 0 Å². The van der Waals surface area contributed by atoms with Crippen LogP contribution >= 0.6 is 11.8 Å². The summed E-state index contributed by atoms with van der Waals surface area (Å²) in [6.45, 7) is 8.26. The van der Waals surface area contributed by atoms with Gasteiger partial charge in [0.2, 0.25) is 5.91 Å². The van der Waals surface area contributed by atoms with Crippen molar-refractivity contribution in [2.24, 2.45) is 4.99 Å². The number of allylic oxidation sites excluding steroid dienone is 4. The van der Waals surface area contributed by atoms with E-state index in [2.05, 4.69) is 46.6 Å². The SMILES string of the molecule is C=C/C=C\C(=C/C)N1C(=O)/C(=C/c2cn(Cc3cccc(C)c3)c3ccccc23)C(=O)N=C1SCC(=O)NC(c1ccccc1)c1ccccc1. The molecule has 51 heavy (non-hydrogen) atoms. The summed E-state index contributed by atoms with van der Waals surface area (Å²) in [5.74, 6) is -1.53. The summed E-state index contributed by atoms with van der Waals surface area (Å²) in [5.41, 5.74) is 6.33. The number of aromatic nitrogens is 1. The summed E-state index contributed by atoms with van der Waals surface area (Å²) in [6.07, 6.45) is 10.4. The number of amidine groups is 1. The van der Waals surface area contributed by atoms with Crippen molar-refractivity contribution in [3.63, 3.8) is 0 Å². The Bertz CT molecular complexity index is 2170. The molecule has 1 aliphatic rings. The molecule has 0 unspecified atom stereocenters. The van der Waals surface area contributed by atoms with Crippen molar-refractivity contribution >= 4 is 51.6 Å². The van der Waals surface area contributed by atoms with Crippen LogP contribution in [0.25, 0.3) is 17.0 Å². The predicted octanol–water partition coefficient (Wildman–Crippen LogP) is 8.39. The number of carbonyl (C=O) groups is 3. The number of aryl methyl sites for hydroxylation is 1. The van der Waals surface area contributed by atoms with E-state index < -0.39 is 11.8 Å². The van der Waals surface area contributed by atoms with E-state index in [0.717, 1.165) is 44.9 Å². The smallest absolute Gasteiger partial charge is 0.285 e. The molecule has 0 fully saturated rings. The van der Waals surface area contributed by atoms with Crippen LogP contribution in [0.1, 0.15) is 40.8 Å². The summed E-state index contributed by atoms with van der Waals surface area (Å²) in [5, 5.41) is 4.16. The second-order valence-electron chi connectivity index (χ2n) is 12.0. The Morgan fingerprint density at radius 2 is 1.61 bits per heavy atom. The third-order valence-electron chi connectivity index (χ3n) is 8.47. The summed E-state index contributed by atoms with van der Waals surface area (Å²) in [6, 6.07) is 35.3. The van der Waals surface area contributed by atoms with Crippen molar-refractivity contribution in [2.45, 2.75) is 26.4 Å². The van der Waals surface area contributed by atoms with Gasteiger partial charge in [0, 0.05) is 34.9 Å². The molecule has 5 aromatic rings. The average molecular weight is 691 g/mol. The van der Waals surface area contributed by atoms with Crippen LogP contribution in [-0.4, -0.2) is 38.1 Å². The number of fused-ring (bicyclic) bond motifs is 1. The van der Waals surface area contributed by atoms with Gasteiger partial charge in [-0.1, -0.05) is 145 Å². The first-order valence-electron chi connectivity index (χ1n) is 16.7. The van der Waals surface area contributed by atoms with Crippen LogP contribution in [0.2, 0.25) is 0 Å². The highest BCUT2D eigenvalue weighted by Gasteiger charge is 2.35. The number of nitrogens with zero attached hydrogens (tertiary/aromatic N) is 3. The second-order valence-corrected chi connectivity index (χ2v) is 13.0. The highest BCUT2D eigenvalue weighted by Crippen LogP contribution is 2.30. The first kappa shape index (κ1) is 34.9. The van der Waals surface area contributed by atoms with Crippen LogP contribution in [0.15, 0.2) is 163 Å². The summed E-state index contributed by atoms with van der Waals surface area (Å²) < 4.78 is 2.12. The highest BCUT2D eigenvalue weighted by atomic mass is 32.2. The van der Waals surface area contributed by atoms with E-state index in [-0.39, 0.29) is 28.4 Å². The molecular formula is C43H38N4O3S. The monoisotopic (exact) mass is 690 g/mol. The lowest BCUT2D eigenvalue weighted by Gasteiger charge is -2.28. The van der Waals surface area contributed by atoms with E-state index in [9.17, 15) is 14.4 Å². The minimum atomic E-state index is -0.663. The molecule has 0 atom stereocenters. The van der Waals surface area contributed by atoms with E-state index in [1.54, 1.807) is 37.3 Å². The molecule has 3 amide bonds. The Balaban J connectivity index is 1.31. The molecule has 0 saturated heterocycles. The number of aliphatic imine (C=N–C) groups is 1. The number of amides is 3. The first-order valence-corrected chi connectivity index (χ1v) is 17.6. The maximum Gasteiger partial charge on any atom is 0.285 e. The molecule has 1 N–H and O–H groups in total. The van der Waals surface area contributed by atoms with Gasteiger partial charge in [0.1, 0.15) is 5.57 Å². The Labute approximate surface area is 302 Å². The minimum absolute atomic E-state index is 0.0677. The Morgan fingerprint density at radius 3 is 2.27 bits per heavy atom. The van der Waals surface area contributed by atoms with E-state index in [0.29, 0.717) is 12.2 Å². The van der Waals surface area contributed by atoms with E-state index in [4.69, 9.17) is 0 Å². The van der Waals surface area contributed by atoms with Crippen LogP contribution in [0.4, 0.5) is 0 Å². The molecule has 0 spiro atoms.